The maximum atomic E-state index is 12.6. The Morgan fingerprint density at radius 3 is 2.60 bits per heavy atom. The van der Waals surface area contributed by atoms with Gasteiger partial charge in [0.15, 0.2) is 11.7 Å². The first kappa shape index (κ1) is 24.1. The molecule has 1 aromatic carbocycles. The van der Waals surface area contributed by atoms with Gasteiger partial charge in [0.1, 0.15) is 0 Å². The quantitative estimate of drug-likeness (QED) is 0.292. The fourth-order valence-corrected chi connectivity index (χ4v) is 3.43. The molecule has 2 rings (SSSR count). The highest BCUT2D eigenvalue weighted by atomic mass is 32.1. The van der Waals surface area contributed by atoms with E-state index in [1.807, 2.05) is 25.1 Å². The van der Waals surface area contributed by atoms with Gasteiger partial charge in [0.25, 0.3) is 0 Å². The van der Waals surface area contributed by atoms with Gasteiger partial charge in [-0.2, -0.15) is 13.2 Å². The van der Waals surface area contributed by atoms with Crippen LogP contribution in [0.5, 0.6) is 0 Å². The second-order valence-electron chi connectivity index (χ2n) is 6.62. The van der Waals surface area contributed by atoms with Crippen molar-refractivity contribution in [1.29, 1.82) is 0 Å². The molecule has 30 heavy (non-hydrogen) atoms. The third kappa shape index (κ3) is 9.58. The second kappa shape index (κ2) is 13.2. The van der Waals surface area contributed by atoms with Gasteiger partial charge in [0.05, 0.1) is 11.6 Å². The van der Waals surface area contributed by atoms with Crippen LogP contribution < -0.4 is 10.6 Å². The summed E-state index contributed by atoms with van der Waals surface area (Å²) < 4.78 is 43.4. The zero-order valence-electron chi connectivity index (χ0n) is 17.2. The summed E-state index contributed by atoms with van der Waals surface area (Å²) in [5.41, 5.74) is 0.449. The summed E-state index contributed by atoms with van der Waals surface area (Å²) in [6, 6.07) is 10.2. The number of hydrogen-bond donors (Lipinski definition) is 2. The van der Waals surface area contributed by atoms with E-state index in [0.717, 1.165) is 36.0 Å². The van der Waals surface area contributed by atoms with Crippen LogP contribution in [-0.2, 0) is 23.8 Å². The van der Waals surface area contributed by atoms with Gasteiger partial charge in [-0.25, -0.2) is 4.98 Å². The summed E-state index contributed by atoms with van der Waals surface area (Å²) in [4.78, 5) is 8.13. The fraction of sp³-hybridized carbons (Fsp3) is 0.524. The van der Waals surface area contributed by atoms with E-state index in [-0.39, 0.29) is 0 Å². The molecule has 0 spiro atoms. The largest absolute Gasteiger partial charge is 0.434 e. The number of halogens is 3. The van der Waals surface area contributed by atoms with Crippen molar-refractivity contribution in [3.05, 3.63) is 52.0 Å². The lowest BCUT2D eigenvalue weighted by Crippen LogP contribution is -2.38. The van der Waals surface area contributed by atoms with Crippen molar-refractivity contribution in [3.8, 4) is 0 Å². The molecule has 0 radical (unpaired) electrons. The number of guanidine groups is 1. The molecule has 0 saturated heterocycles. The molecule has 0 aliphatic heterocycles. The Labute approximate surface area is 179 Å². The van der Waals surface area contributed by atoms with Crippen LogP contribution >= 0.6 is 11.3 Å². The number of rotatable bonds is 12. The van der Waals surface area contributed by atoms with Crippen molar-refractivity contribution < 1.29 is 17.9 Å². The smallest absolute Gasteiger partial charge is 0.381 e. The van der Waals surface area contributed by atoms with Crippen molar-refractivity contribution in [1.82, 2.24) is 15.6 Å². The lowest BCUT2D eigenvalue weighted by molar-refractivity contribution is -0.140. The van der Waals surface area contributed by atoms with Gasteiger partial charge < -0.3 is 15.4 Å². The first-order valence-corrected chi connectivity index (χ1v) is 11.0. The molecule has 0 aliphatic rings. The number of alkyl halides is 3. The van der Waals surface area contributed by atoms with E-state index in [1.165, 1.54) is 5.56 Å². The average molecular weight is 443 g/mol. The lowest BCUT2D eigenvalue weighted by atomic mass is 10.2. The predicted octanol–water partition coefficient (Wildman–Crippen LogP) is 4.30. The van der Waals surface area contributed by atoms with Gasteiger partial charge in [-0.05, 0) is 31.7 Å². The summed E-state index contributed by atoms with van der Waals surface area (Å²) in [5, 5.41) is 7.79. The van der Waals surface area contributed by atoms with Crippen LogP contribution in [-0.4, -0.2) is 43.8 Å². The van der Waals surface area contributed by atoms with Gasteiger partial charge in [-0.15, -0.1) is 11.3 Å². The maximum Gasteiger partial charge on any atom is 0.434 e. The zero-order chi connectivity index (χ0) is 21.7. The highest BCUT2D eigenvalue weighted by molar-refractivity contribution is 7.09. The molecular weight excluding hydrogens is 413 g/mol. The molecule has 2 N–H and O–H groups in total. The third-order valence-electron chi connectivity index (χ3n) is 4.16. The summed E-state index contributed by atoms with van der Waals surface area (Å²) in [5.74, 6) is 0.662. The minimum Gasteiger partial charge on any atom is -0.381 e. The van der Waals surface area contributed by atoms with Crippen LogP contribution in [0.25, 0.3) is 0 Å². The van der Waals surface area contributed by atoms with E-state index < -0.39 is 11.9 Å². The average Bonchev–Trinajstić information content (AvgIpc) is 3.20. The monoisotopic (exact) mass is 442 g/mol. The first-order valence-electron chi connectivity index (χ1n) is 10.1. The number of aliphatic imine (C=N–C) groups is 1. The SMILES string of the molecule is CCNC(=NCCCCOCCc1ccccc1)NCCc1nc(C(F)(F)F)cs1. The highest BCUT2D eigenvalue weighted by Gasteiger charge is 2.33. The fourth-order valence-electron chi connectivity index (χ4n) is 2.63. The molecule has 9 heteroatoms. The normalized spacial score (nSPS) is 12.2. The summed E-state index contributed by atoms with van der Waals surface area (Å²) in [6.07, 6.45) is -1.22. The number of ether oxygens (including phenoxy) is 1. The first-order chi connectivity index (χ1) is 14.5. The van der Waals surface area contributed by atoms with Crippen molar-refractivity contribution in [2.24, 2.45) is 4.99 Å². The molecule has 5 nitrogen and oxygen atoms in total. The van der Waals surface area contributed by atoms with Crippen molar-refractivity contribution in [2.45, 2.75) is 38.8 Å². The second-order valence-corrected chi connectivity index (χ2v) is 7.56. The summed E-state index contributed by atoms with van der Waals surface area (Å²) in [7, 11) is 0. The number of thiazole rings is 1. The minimum absolute atomic E-state index is 0.417. The lowest BCUT2D eigenvalue weighted by Gasteiger charge is -2.10. The van der Waals surface area contributed by atoms with Crippen molar-refractivity contribution in [3.63, 3.8) is 0 Å². The maximum absolute atomic E-state index is 12.6. The third-order valence-corrected chi connectivity index (χ3v) is 5.07. The van der Waals surface area contributed by atoms with E-state index in [0.29, 0.717) is 50.2 Å². The Kier molecular flexibility index (Phi) is 10.6. The Morgan fingerprint density at radius 2 is 1.90 bits per heavy atom. The van der Waals surface area contributed by atoms with Crippen molar-refractivity contribution in [2.75, 3.05) is 32.8 Å². The Morgan fingerprint density at radius 1 is 1.10 bits per heavy atom. The van der Waals surface area contributed by atoms with E-state index in [1.54, 1.807) is 0 Å². The number of nitrogens with zero attached hydrogens (tertiary/aromatic N) is 2. The Bertz CT molecular complexity index is 750. The molecule has 2 aromatic rings. The molecule has 0 amide bonds. The molecule has 1 heterocycles. The molecule has 0 unspecified atom stereocenters. The van der Waals surface area contributed by atoms with Crippen LogP contribution in [0.4, 0.5) is 13.2 Å². The van der Waals surface area contributed by atoms with Crippen LogP contribution in [0.1, 0.15) is 36.0 Å². The molecule has 0 aliphatic carbocycles. The molecule has 166 valence electrons. The van der Waals surface area contributed by atoms with Gasteiger partial charge in [0.2, 0.25) is 0 Å². The molecule has 0 bridgehead atoms. The number of nitrogens with one attached hydrogen (secondary N) is 2. The summed E-state index contributed by atoms with van der Waals surface area (Å²) in [6.45, 7) is 5.23. The number of aromatic nitrogens is 1. The van der Waals surface area contributed by atoms with E-state index >= 15 is 0 Å². The van der Waals surface area contributed by atoms with Gasteiger partial charge in [-0.3, -0.25) is 4.99 Å². The van der Waals surface area contributed by atoms with E-state index in [2.05, 4.69) is 32.7 Å². The van der Waals surface area contributed by atoms with Gasteiger partial charge >= 0.3 is 6.18 Å². The standard InChI is InChI=1S/C21H29F3N4OS/c1-2-25-20(27-13-10-19-28-18(16-30-19)21(22,23)24)26-12-6-7-14-29-15-11-17-8-4-3-5-9-17/h3-5,8-9,16H,2,6-7,10-15H2,1H3,(H2,25,26,27). The minimum atomic E-state index is -4.39. The van der Waals surface area contributed by atoms with Crippen LogP contribution in [0, 0.1) is 0 Å². The highest BCUT2D eigenvalue weighted by Crippen LogP contribution is 2.29. The van der Waals surface area contributed by atoms with E-state index in [4.69, 9.17) is 4.74 Å². The van der Waals surface area contributed by atoms with Crippen LogP contribution in [0.3, 0.4) is 0 Å². The number of benzene rings is 1. The molecule has 0 saturated carbocycles. The van der Waals surface area contributed by atoms with Gasteiger partial charge in [-0.1, -0.05) is 30.3 Å². The number of hydrogen-bond acceptors (Lipinski definition) is 4. The van der Waals surface area contributed by atoms with Gasteiger partial charge in [0, 0.05) is 38.0 Å². The van der Waals surface area contributed by atoms with Crippen molar-refractivity contribution >= 4 is 17.3 Å². The predicted molar refractivity (Wildman–Crippen MR) is 115 cm³/mol. The number of unbranched alkanes of at least 4 members (excludes halogenated alkanes) is 1. The molecular formula is C21H29F3N4OS. The van der Waals surface area contributed by atoms with Crippen LogP contribution in [0.15, 0.2) is 40.7 Å². The van der Waals surface area contributed by atoms with Crippen LogP contribution in [0.2, 0.25) is 0 Å². The zero-order valence-corrected chi connectivity index (χ0v) is 18.0. The molecule has 0 fully saturated rings. The topological polar surface area (TPSA) is 58.5 Å². The Balaban J connectivity index is 1.58. The molecule has 1 aromatic heterocycles. The van der Waals surface area contributed by atoms with E-state index in [9.17, 15) is 13.2 Å². The Hall–Kier alpha value is -2.13. The molecule has 0 atom stereocenters. The summed E-state index contributed by atoms with van der Waals surface area (Å²) >= 11 is 1.03.